The van der Waals surface area contributed by atoms with Gasteiger partial charge in [0.1, 0.15) is 35.8 Å². The van der Waals surface area contributed by atoms with Gasteiger partial charge >= 0.3 is 0 Å². The van der Waals surface area contributed by atoms with Crippen molar-refractivity contribution in [3.8, 4) is 11.6 Å². The van der Waals surface area contributed by atoms with E-state index in [1.165, 1.54) is 6.33 Å². The van der Waals surface area contributed by atoms with E-state index in [1.807, 2.05) is 45.0 Å². The maximum Gasteiger partial charge on any atom is 0.226 e. The molecule has 0 saturated carbocycles. The lowest BCUT2D eigenvalue weighted by molar-refractivity contribution is -0.116. The van der Waals surface area contributed by atoms with Crippen molar-refractivity contribution in [2.45, 2.75) is 39.7 Å². The Morgan fingerprint density at radius 1 is 1.11 bits per heavy atom. The van der Waals surface area contributed by atoms with Crippen LogP contribution in [0.5, 0.6) is 5.75 Å². The van der Waals surface area contributed by atoms with Gasteiger partial charge in [-0.15, -0.1) is 0 Å². The van der Waals surface area contributed by atoms with Gasteiger partial charge in [-0.25, -0.2) is 15.0 Å². The number of hydrogen-bond acceptors (Lipinski definition) is 8. The number of H-pyrrole nitrogens is 1. The van der Waals surface area contributed by atoms with E-state index in [2.05, 4.69) is 30.4 Å². The predicted octanol–water partition coefficient (Wildman–Crippen LogP) is 3.50. The molecule has 1 aliphatic heterocycles. The Labute approximate surface area is 199 Å². The van der Waals surface area contributed by atoms with Crippen molar-refractivity contribution >= 4 is 22.9 Å². The van der Waals surface area contributed by atoms with Gasteiger partial charge in [-0.3, -0.25) is 4.79 Å². The molecule has 4 aromatic heterocycles. The summed E-state index contributed by atoms with van der Waals surface area (Å²) in [4.78, 5) is 28.6. The van der Waals surface area contributed by atoms with Crippen LogP contribution in [0.15, 0.2) is 41.4 Å². The highest BCUT2D eigenvalue weighted by atomic mass is 16.5. The molecule has 0 aliphatic carbocycles. The van der Waals surface area contributed by atoms with Crippen molar-refractivity contribution in [3.63, 3.8) is 0 Å². The number of anilines is 1. The molecule has 0 radical (unpaired) electrons. The van der Waals surface area contributed by atoms with Crippen LogP contribution in [0, 0.1) is 20.8 Å². The minimum atomic E-state index is -0.150. The van der Waals surface area contributed by atoms with E-state index in [0.717, 1.165) is 39.6 Å². The number of ether oxygens (including phenoxy) is 1. The average Bonchev–Trinajstić information content (AvgIpc) is 3.55. The van der Waals surface area contributed by atoms with Crippen LogP contribution >= 0.6 is 0 Å². The number of rotatable bonds is 5. The number of carbonyl (C=O) groups is 1. The number of hydrogen-bond donors (Lipinski definition) is 2. The van der Waals surface area contributed by atoms with Crippen molar-refractivity contribution in [1.29, 1.82) is 0 Å². The second-order valence-corrected chi connectivity index (χ2v) is 8.52. The lowest BCUT2D eigenvalue weighted by Crippen LogP contribution is -2.25. The molecule has 11 heteroatoms. The van der Waals surface area contributed by atoms with Crippen LogP contribution in [0.3, 0.4) is 0 Å². The minimum absolute atomic E-state index is 0.0858. The van der Waals surface area contributed by atoms with Crippen LogP contribution in [-0.2, 0) is 11.4 Å². The number of imidazole rings is 1. The van der Waals surface area contributed by atoms with Gasteiger partial charge in [-0.2, -0.15) is 9.78 Å². The molecule has 0 bridgehead atoms. The first-order valence-electron chi connectivity index (χ1n) is 11.2. The third-order valence-corrected chi connectivity index (χ3v) is 6.35. The molecule has 1 amide bonds. The number of nitrogens with zero attached hydrogens (tertiary/aromatic N) is 6. The fraction of sp³-hybridized carbons (Fsp3) is 0.250. The average molecular weight is 470 g/mol. The van der Waals surface area contributed by atoms with Crippen LogP contribution in [0.2, 0.25) is 0 Å². The second kappa shape index (κ2) is 8.05. The third-order valence-electron chi connectivity index (χ3n) is 6.35. The van der Waals surface area contributed by atoms with Crippen LogP contribution in [0.4, 0.5) is 5.82 Å². The molecule has 0 fully saturated rings. The van der Waals surface area contributed by atoms with Crippen LogP contribution in [0.1, 0.15) is 46.2 Å². The van der Waals surface area contributed by atoms with Gasteiger partial charge in [-0.05, 0) is 38.5 Å². The van der Waals surface area contributed by atoms with Crippen LogP contribution in [-0.4, -0.2) is 40.8 Å². The summed E-state index contributed by atoms with van der Waals surface area (Å²) in [6, 6.07) is 7.81. The van der Waals surface area contributed by atoms with Crippen molar-refractivity contribution in [2.75, 3.05) is 5.32 Å². The molecule has 1 aliphatic rings. The number of amides is 1. The molecule has 0 unspecified atom stereocenters. The summed E-state index contributed by atoms with van der Waals surface area (Å²) in [7, 11) is 0. The summed E-state index contributed by atoms with van der Waals surface area (Å²) in [5.74, 6) is 2.38. The standard InChI is InChI=1S/C24H22N8O3/c1-12-18(14(3)35-31-12)9-34-16-6-4-15(5-7-16)17-8-19(33)29-23-20(17)13(2)30-32(23)24-21-22(26-10-25-21)27-11-28-24/h4-7,10-11,17H,8-9H2,1-3H3,(H,29,33)(H,25,26,27,28)/t17-/m0/s1. The zero-order chi connectivity index (χ0) is 24.1. The summed E-state index contributed by atoms with van der Waals surface area (Å²) in [5, 5.41) is 11.7. The summed E-state index contributed by atoms with van der Waals surface area (Å²) in [6.45, 7) is 6.08. The Hall–Kier alpha value is -4.54. The molecule has 5 heterocycles. The molecule has 1 aromatic carbocycles. The fourth-order valence-corrected chi connectivity index (χ4v) is 4.56. The molecule has 1 atom stereocenters. The lowest BCUT2D eigenvalue weighted by Gasteiger charge is -2.24. The van der Waals surface area contributed by atoms with E-state index in [0.29, 0.717) is 35.8 Å². The summed E-state index contributed by atoms with van der Waals surface area (Å²) < 4.78 is 12.8. The van der Waals surface area contributed by atoms with Gasteiger partial charge in [0.25, 0.3) is 0 Å². The number of aromatic amines is 1. The second-order valence-electron chi connectivity index (χ2n) is 8.52. The Balaban J connectivity index is 1.33. The SMILES string of the molecule is Cc1noc(C)c1COc1ccc([C@@H]2CC(=O)Nc3c2c(C)nn3-c2ncnc3nc[nH]c23)cc1. The van der Waals surface area contributed by atoms with E-state index in [4.69, 9.17) is 14.4 Å². The highest BCUT2D eigenvalue weighted by Gasteiger charge is 2.33. The predicted molar refractivity (Wildman–Crippen MR) is 125 cm³/mol. The van der Waals surface area contributed by atoms with Gasteiger partial charge < -0.3 is 19.6 Å². The first-order chi connectivity index (χ1) is 17.0. The zero-order valence-electron chi connectivity index (χ0n) is 19.4. The number of carbonyl (C=O) groups excluding carboxylic acids is 1. The first kappa shape index (κ1) is 21.0. The summed E-state index contributed by atoms with van der Waals surface area (Å²) in [6.07, 6.45) is 3.32. The molecular weight excluding hydrogens is 448 g/mol. The van der Waals surface area contributed by atoms with E-state index in [9.17, 15) is 4.79 Å². The quantitative estimate of drug-likeness (QED) is 0.398. The van der Waals surface area contributed by atoms with Crippen LogP contribution in [0.25, 0.3) is 17.0 Å². The highest BCUT2D eigenvalue weighted by molar-refractivity contribution is 5.95. The van der Waals surface area contributed by atoms with Gasteiger partial charge in [0, 0.05) is 17.9 Å². The van der Waals surface area contributed by atoms with Gasteiger partial charge in [0.05, 0.1) is 23.3 Å². The van der Waals surface area contributed by atoms with Crippen molar-refractivity contribution < 1.29 is 14.1 Å². The van der Waals surface area contributed by atoms with Gasteiger partial charge in [0.2, 0.25) is 5.91 Å². The van der Waals surface area contributed by atoms with Crippen molar-refractivity contribution in [2.24, 2.45) is 0 Å². The Morgan fingerprint density at radius 2 is 1.94 bits per heavy atom. The third kappa shape index (κ3) is 3.52. The number of nitrogens with one attached hydrogen (secondary N) is 2. The highest BCUT2D eigenvalue weighted by Crippen LogP contribution is 2.40. The molecule has 2 N–H and O–H groups in total. The molecule has 0 saturated heterocycles. The molecule has 0 spiro atoms. The van der Waals surface area contributed by atoms with Crippen molar-refractivity contribution in [3.05, 3.63) is 70.8 Å². The zero-order valence-corrected chi connectivity index (χ0v) is 19.4. The smallest absolute Gasteiger partial charge is 0.226 e. The van der Waals surface area contributed by atoms with Crippen molar-refractivity contribution in [1.82, 2.24) is 34.9 Å². The Kier molecular flexibility index (Phi) is 4.83. The topological polar surface area (TPSA) is 137 Å². The fourth-order valence-electron chi connectivity index (χ4n) is 4.56. The Bertz CT molecular complexity index is 1540. The van der Waals surface area contributed by atoms with Gasteiger partial charge in [-0.1, -0.05) is 17.3 Å². The largest absolute Gasteiger partial charge is 0.489 e. The van der Waals surface area contributed by atoms with E-state index >= 15 is 0 Å². The van der Waals surface area contributed by atoms with Crippen LogP contribution < -0.4 is 10.1 Å². The molecule has 5 aromatic rings. The summed E-state index contributed by atoms with van der Waals surface area (Å²) >= 11 is 0. The van der Waals surface area contributed by atoms with Gasteiger partial charge in [0.15, 0.2) is 11.5 Å². The first-order valence-corrected chi connectivity index (χ1v) is 11.2. The maximum atomic E-state index is 12.7. The number of aryl methyl sites for hydroxylation is 3. The summed E-state index contributed by atoms with van der Waals surface area (Å²) in [5.41, 5.74) is 5.72. The Morgan fingerprint density at radius 3 is 2.71 bits per heavy atom. The number of fused-ring (bicyclic) bond motifs is 2. The van der Waals surface area contributed by atoms with E-state index in [-0.39, 0.29) is 11.8 Å². The monoisotopic (exact) mass is 470 g/mol. The molecule has 11 nitrogen and oxygen atoms in total. The number of aromatic nitrogens is 7. The van der Waals surface area contributed by atoms with E-state index < -0.39 is 0 Å². The molecular formula is C24H22N8O3. The molecule has 176 valence electrons. The lowest BCUT2D eigenvalue weighted by atomic mass is 9.86. The maximum absolute atomic E-state index is 12.7. The molecule has 6 rings (SSSR count). The number of benzene rings is 1. The minimum Gasteiger partial charge on any atom is -0.489 e. The normalized spacial score (nSPS) is 15.3. The molecule has 35 heavy (non-hydrogen) atoms. The van der Waals surface area contributed by atoms with E-state index in [1.54, 1.807) is 11.0 Å².